The van der Waals surface area contributed by atoms with Crippen LogP contribution in [0.1, 0.15) is 19.4 Å². The molecular weight excluding hydrogens is 319 g/mol. The number of morpholine rings is 1. The fourth-order valence-corrected chi connectivity index (χ4v) is 3.49. The number of hydrogen-bond donors (Lipinski definition) is 0. The molecule has 5 heteroatoms. The van der Waals surface area contributed by atoms with Gasteiger partial charge < -0.3 is 9.15 Å². The number of halogens is 1. The van der Waals surface area contributed by atoms with Gasteiger partial charge in [0.1, 0.15) is 11.3 Å². The van der Waals surface area contributed by atoms with Crippen molar-refractivity contribution < 1.29 is 13.5 Å². The van der Waals surface area contributed by atoms with Crippen molar-refractivity contribution in [3.05, 3.63) is 53.8 Å². The fourth-order valence-electron chi connectivity index (χ4n) is 3.49. The molecule has 1 saturated heterocycles. The second kappa shape index (κ2) is 6.58. The van der Waals surface area contributed by atoms with E-state index in [9.17, 15) is 4.39 Å². The summed E-state index contributed by atoms with van der Waals surface area (Å²) in [6.07, 6.45) is 0.486. The van der Waals surface area contributed by atoms with Gasteiger partial charge in [0.05, 0.1) is 17.8 Å². The number of hydrogen-bond acceptors (Lipinski definition) is 4. The minimum Gasteiger partial charge on any atom is -0.436 e. The Kier molecular flexibility index (Phi) is 4.27. The zero-order valence-electron chi connectivity index (χ0n) is 14.4. The second-order valence-corrected chi connectivity index (χ2v) is 6.75. The summed E-state index contributed by atoms with van der Waals surface area (Å²) in [6.45, 7) is 6.88. The first-order valence-electron chi connectivity index (χ1n) is 8.60. The van der Waals surface area contributed by atoms with E-state index < -0.39 is 0 Å². The zero-order valence-corrected chi connectivity index (χ0v) is 14.4. The molecule has 1 fully saturated rings. The number of fused-ring (bicyclic) bond motifs is 1. The van der Waals surface area contributed by atoms with Crippen LogP contribution in [-0.2, 0) is 11.3 Å². The highest BCUT2D eigenvalue weighted by Crippen LogP contribution is 2.27. The molecule has 1 aliphatic heterocycles. The van der Waals surface area contributed by atoms with Crippen molar-refractivity contribution in [1.29, 1.82) is 0 Å². The van der Waals surface area contributed by atoms with E-state index in [-0.39, 0.29) is 18.0 Å². The Hall–Kier alpha value is -2.24. The normalized spacial score (nSPS) is 21.7. The third-order valence-electron chi connectivity index (χ3n) is 4.46. The van der Waals surface area contributed by atoms with Crippen molar-refractivity contribution in [2.75, 3.05) is 13.1 Å². The Bertz CT molecular complexity index is 882. The summed E-state index contributed by atoms with van der Waals surface area (Å²) in [7, 11) is 0. The lowest BCUT2D eigenvalue weighted by Gasteiger charge is -2.35. The standard InChI is InChI=1S/C20H21FN2O2/c1-13-10-23(11-14(2)24-13)12-15-7-8-19-18(9-15)22-20(25-19)16-5-3-4-6-17(16)21/h3-9,13-14H,10-12H2,1-2H3. The first kappa shape index (κ1) is 16.2. The van der Waals surface area contributed by atoms with Gasteiger partial charge in [0.25, 0.3) is 0 Å². The summed E-state index contributed by atoms with van der Waals surface area (Å²) in [5, 5.41) is 0. The van der Waals surface area contributed by atoms with Crippen LogP contribution in [0.2, 0.25) is 0 Å². The predicted molar refractivity (Wildman–Crippen MR) is 94.7 cm³/mol. The Labute approximate surface area is 146 Å². The van der Waals surface area contributed by atoms with E-state index in [4.69, 9.17) is 9.15 Å². The second-order valence-electron chi connectivity index (χ2n) is 6.75. The quantitative estimate of drug-likeness (QED) is 0.715. The molecule has 25 heavy (non-hydrogen) atoms. The average Bonchev–Trinajstić information content (AvgIpc) is 2.97. The van der Waals surface area contributed by atoms with E-state index in [1.807, 2.05) is 18.2 Å². The molecule has 0 radical (unpaired) electrons. The molecule has 0 spiro atoms. The van der Waals surface area contributed by atoms with E-state index in [1.165, 1.54) is 11.6 Å². The molecule has 2 aromatic carbocycles. The molecule has 130 valence electrons. The van der Waals surface area contributed by atoms with Crippen LogP contribution in [0, 0.1) is 5.82 Å². The third kappa shape index (κ3) is 3.43. The fraction of sp³-hybridized carbons (Fsp3) is 0.350. The number of oxazole rings is 1. The van der Waals surface area contributed by atoms with Crippen molar-refractivity contribution in [3.63, 3.8) is 0 Å². The molecule has 2 unspecified atom stereocenters. The molecule has 4 nitrogen and oxygen atoms in total. The Morgan fingerprint density at radius 3 is 2.64 bits per heavy atom. The lowest BCUT2D eigenvalue weighted by atomic mass is 10.1. The van der Waals surface area contributed by atoms with Crippen molar-refractivity contribution in [1.82, 2.24) is 9.88 Å². The first-order valence-corrected chi connectivity index (χ1v) is 8.60. The summed E-state index contributed by atoms with van der Waals surface area (Å²) in [5.41, 5.74) is 2.98. The number of aromatic nitrogens is 1. The topological polar surface area (TPSA) is 38.5 Å². The van der Waals surface area contributed by atoms with Gasteiger partial charge >= 0.3 is 0 Å². The molecular formula is C20H21FN2O2. The number of benzene rings is 2. The van der Waals surface area contributed by atoms with Crippen LogP contribution in [0.15, 0.2) is 46.9 Å². The predicted octanol–water partition coefficient (Wildman–Crippen LogP) is 4.24. The maximum absolute atomic E-state index is 13.9. The average molecular weight is 340 g/mol. The minimum absolute atomic E-state index is 0.243. The Morgan fingerprint density at radius 2 is 1.88 bits per heavy atom. The maximum atomic E-state index is 13.9. The van der Waals surface area contributed by atoms with Crippen LogP contribution in [-0.4, -0.2) is 35.2 Å². The van der Waals surface area contributed by atoms with E-state index in [2.05, 4.69) is 23.7 Å². The van der Waals surface area contributed by atoms with Gasteiger partial charge in [-0.15, -0.1) is 0 Å². The lowest BCUT2D eigenvalue weighted by molar-refractivity contribution is -0.0704. The SMILES string of the molecule is CC1CN(Cc2ccc3oc(-c4ccccc4F)nc3c2)CC(C)O1. The monoisotopic (exact) mass is 340 g/mol. The van der Waals surface area contributed by atoms with Gasteiger partial charge in [0.2, 0.25) is 5.89 Å². The summed E-state index contributed by atoms with van der Waals surface area (Å²) < 4.78 is 25.5. The molecule has 4 rings (SSSR count). The number of ether oxygens (including phenoxy) is 1. The Balaban J connectivity index is 1.59. The zero-order chi connectivity index (χ0) is 17.4. The first-order chi connectivity index (χ1) is 12.1. The summed E-state index contributed by atoms with van der Waals surface area (Å²) >= 11 is 0. The molecule has 0 aliphatic carbocycles. The highest BCUT2D eigenvalue weighted by atomic mass is 19.1. The summed E-state index contributed by atoms with van der Waals surface area (Å²) in [5.74, 6) is -0.00978. The minimum atomic E-state index is -0.328. The van der Waals surface area contributed by atoms with Gasteiger partial charge in [-0.3, -0.25) is 4.90 Å². The maximum Gasteiger partial charge on any atom is 0.230 e. The van der Waals surface area contributed by atoms with Crippen molar-refractivity contribution in [3.8, 4) is 11.5 Å². The van der Waals surface area contributed by atoms with Crippen LogP contribution < -0.4 is 0 Å². The van der Waals surface area contributed by atoms with Gasteiger partial charge in [-0.1, -0.05) is 18.2 Å². The van der Waals surface area contributed by atoms with Crippen molar-refractivity contribution in [2.24, 2.45) is 0 Å². The molecule has 3 aromatic rings. The van der Waals surface area contributed by atoms with Crippen molar-refractivity contribution in [2.45, 2.75) is 32.6 Å². The molecule has 0 bridgehead atoms. The number of rotatable bonds is 3. The van der Waals surface area contributed by atoms with Gasteiger partial charge in [-0.25, -0.2) is 9.37 Å². The highest BCUT2D eigenvalue weighted by Gasteiger charge is 2.22. The number of nitrogens with zero attached hydrogens (tertiary/aromatic N) is 2. The smallest absolute Gasteiger partial charge is 0.230 e. The largest absolute Gasteiger partial charge is 0.436 e. The Morgan fingerprint density at radius 1 is 1.12 bits per heavy atom. The highest BCUT2D eigenvalue weighted by molar-refractivity contribution is 5.77. The van der Waals surface area contributed by atoms with Gasteiger partial charge in [-0.05, 0) is 43.7 Å². The lowest BCUT2D eigenvalue weighted by Crippen LogP contribution is -2.44. The molecule has 2 heterocycles. The van der Waals surface area contributed by atoms with Crippen LogP contribution in [0.5, 0.6) is 0 Å². The molecule has 0 N–H and O–H groups in total. The van der Waals surface area contributed by atoms with Crippen LogP contribution in [0.4, 0.5) is 4.39 Å². The summed E-state index contributed by atoms with van der Waals surface area (Å²) in [6, 6.07) is 12.5. The van der Waals surface area contributed by atoms with Crippen molar-refractivity contribution >= 4 is 11.1 Å². The molecule has 1 aliphatic rings. The van der Waals surface area contributed by atoms with E-state index in [1.54, 1.807) is 18.2 Å². The molecule has 2 atom stereocenters. The van der Waals surface area contributed by atoms with E-state index in [0.717, 1.165) is 25.2 Å². The van der Waals surface area contributed by atoms with Gasteiger partial charge in [0, 0.05) is 19.6 Å². The van der Waals surface area contributed by atoms with Crippen LogP contribution in [0.3, 0.4) is 0 Å². The summed E-state index contributed by atoms with van der Waals surface area (Å²) in [4.78, 5) is 6.86. The van der Waals surface area contributed by atoms with Crippen LogP contribution >= 0.6 is 0 Å². The van der Waals surface area contributed by atoms with E-state index >= 15 is 0 Å². The molecule has 0 amide bonds. The third-order valence-corrected chi connectivity index (χ3v) is 4.46. The van der Waals surface area contributed by atoms with E-state index in [0.29, 0.717) is 17.0 Å². The van der Waals surface area contributed by atoms with Crippen LogP contribution in [0.25, 0.3) is 22.6 Å². The van der Waals surface area contributed by atoms with Gasteiger partial charge in [0.15, 0.2) is 5.58 Å². The van der Waals surface area contributed by atoms with Gasteiger partial charge in [-0.2, -0.15) is 0 Å². The molecule has 0 saturated carbocycles. The molecule has 1 aromatic heterocycles.